The van der Waals surface area contributed by atoms with Crippen molar-refractivity contribution in [1.82, 2.24) is 0 Å². The van der Waals surface area contributed by atoms with Crippen molar-refractivity contribution in [3.63, 3.8) is 0 Å². The van der Waals surface area contributed by atoms with Gasteiger partial charge in [-0.25, -0.2) is 4.79 Å². The quantitative estimate of drug-likeness (QED) is 0.545. The molecule has 7 heteroatoms. The number of fused-ring (bicyclic) bond motifs is 1. The van der Waals surface area contributed by atoms with Gasteiger partial charge in [0, 0.05) is 21.0 Å². The number of thiophene rings is 1. The van der Waals surface area contributed by atoms with E-state index in [4.69, 9.17) is 27.9 Å². The molecule has 0 aliphatic heterocycles. The first-order chi connectivity index (χ1) is 12.5. The minimum absolute atomic E-state index is 0.334. The molecule has 4 nitrogen and oxygen atoms in total. The third kappa shape index (κ3) is 4.11. The van der Waals surface area contributed by atoms with Gasteiger partial charge in [-0.15, -0.1) is 11.3 Å². The maximum atomic E-state index is 12.3. The molecule has 0 saturated carbocycles. The lowest BCUT2D eigenvalue weighted by Crippen LogP contribution is -2.13. The highest BCUT2D eigenvalue weighted by Gasteiger charge is 2.26. The van der Waals surface area contributed by atoms with Gasteiger partial charge in [0.2, 0.25) is 5.91 Å². The number of esters is 1. The molecule has 1 aliphatic carbocycles. The van der Waals surface area contributed by atoms with Crippen molar-refractivity contribution in [3.05, 3.63) is 55.9 Å². The summed E-state index contributed by atoms with van der Waals surface area (Å²) in [5.41, 5.74) is 2.18. The van der Waals surface area contributed by atoms with Crippen molar-refractivity contribution < 1.29 is 14.3 Å². The third-order valence-electron chi connectivity index (χ3n) is 4.17. The first-order valence-corrected chi connectivity index (χ1v) is 9.74. The Kier molecular flexibility index (Phi) is 6.01. The second-order valence-electron chi connectivity index (χ2n) is 5.90. The van der Waals surface area contributed by atoms with Crippen molar-refractivity contribution in [3.8, 4) is 0 Å². The third-order valence-corrected chi connectivity index (χ3v) is 5.94. The van der Waals surface area contributed by atoms with Crippen LogP contribution in [0.5, 0.6) is 0 Å². The highest BCUT2D eigenvalue weighted by molar-refractivity contribution is 7.17. The predicted molar refractivity (Wildman–Crippen MR) is 106 cm³/mol. The summed E-state index contributed by atoms with van der Waals surface area (Å²) in [5.74, 6) is -0.746. The second kappa shape index (κ2) is 8.25. The SMILES string of the molecule is COC(=O)c1c(NC(=O)/C=C/c2ccc(Cl)cc2Cl)sc2c1CCCC2. The largest absolute Gasteiger partial charge is 0.465 e. The molecule has 136 valence electrons. The van der Waals surface area contributed by atoms with Crippen LogP contribution in [0.2, 0.25) is 10.0 Å². The molecule has 0 bridgehead atoms. The zero-order valence-corrected chi connectivity index (χ0v) is 16.4. The molecule has 1 N–H and O–H groups in total. The molecule has 0 saturated heterocycles. The molecule has 0 fully saturated rings. The van der Waals surface area contributed by atoms with E-state index >= 15 is 0 Å². The van der Waals surface area contributed by atoms with Crippen LogP contribution >= 0.6 is 34.5 Å². The number of hydrogen-bond donors (Lipinski definition) is 1. The Balaban J connectivity index is 1.82. The van der Waals surface area contributed by atoms with Crippen molar-refractivity contribution in [2.75, 3.05) is 12.4 Å². The van der Waals surface area contributed by atoms with Gasteiger partial charge in [-0.05, 0) is 55.0 Å². The minimum Gasteiger partial charge on any atom is -0.465 e. The average Bonchev–Trinajstić information content (AvgIpc) is 2.98. The molecular formula is C19H17Cl2NO3S. The Hall–Kier alpha value is -1.82. The Morgan fingerprint density at radius 1 is 1.23 bits per heavy atom. The minimum atomic E-state index is -0.413. The molecule has 1 aromatic heterocycles. The van der Waals surface area contributed by atoms with E-state index < -0.39 is 5.97 Å². The molecule has 0 spiro atoms. The number of ether oxygens (including phenoxy) is 1. The molecule has 1 heterocycles. The zero-order valence-electron chi connectivity index (χ0n) is 14.1. The van der Waals surface area contributed by atoms with E-state index in [0.29, 0.717) is 26.2 Å². The number of amides is 1. The summed E-state index contributed by atoms with van der Waals surface area (Å²) >= 11 is 13.4. The summed E-state index contributed by atoms with van der Waals surface area (Å²) in [7, 11) is 1.35. The predicted octanol–water partition coefficient (Wildman–Crippen LogP) is 5.37. The summed E-state index contributed by atoms with van der Waals surface area (Å²) in [4.78, 5) is 25.7. The van der Waals surface area contributed by atoms with Crippen molar-refractivity contribution in [1.29, 1.82) is 0 Å². The smallest absolute Gasteiger partial charge is 0.341 e. The van der Waals surface area contributed by atoms with Gasteiger partial charge in [0.15, 0.2) is 0 Å². The lowest BCUT2D eigenvalue weighted by molar-refractivity contribution is -0.111. The van der Waals surface area contributed by atoms with Gasteiger partial charge in [-0.3, -0.25) is 4.79 Å². The summed E-state index contributed by atoms with van der Waals surface area (Å²) in [6.45, 7) is 0. The Bertz CT molecular complexity index is 889. The highest BCUT2D eigenvalue weighted by Crippen LogP contribution is 2.38. The molecule has 0 atom stereocenters. The van der Waals surface area contributed by atoms with Crippen LogP contribution in [0.3, 0.4) is 0 Å². The number of halogens is 2. The fourth-order valence-corrected chi connectivity index (χ4v) is 4.68. The first kappa shape index (κ1) is 19.0. The number of anilines is 1. The van der Waals surface area contributed by atoms with E-state index in [-0.39, 0.29) is 5.91 Å². The standard InChI is InChI=1S/C19H17Cl2NO3S/c1-25-19(24)17-13-4-2-3-5-15(13)26-18(17)22-16(23)9-7-11-6-8-12(20)10-14(11)21/h6-10H,2-5H2,1H3,(H,22,23)/b9-7+. The van der Waals surface area contributed by atoms with Crippen LogP contribution in [0, 0.1) is 0 Å². The summed E-state index contributed by atoms with van der Waals surface area (Å²) in [6.07, 6.45) is 6.89. The van der Waals surface area contributed by atoms with Crippen LogP contribution < -0.4 is 5.32 Å². The first-order valence-electron chi connectivity index (χ1n) is 8.16. The van der Waals surface area contributed by atoms with E-state index in [1.807, 2.05) is 0 Å². The van der Waals surface area contributed by atoms with Crippen molar-refractivity contribution in [2.24, 2.45) is 0 Å². The Labute approximate surface area is 165 Å². The Morgan fingerprint density at radius 3 is 2.73 bits per heavy atom. The number of benzene rings is 1. The topological polar surface area (TPSA) is 55.4 Å². The highest BCUT2D eigenvalue weighted by atomic mass is 35.5. The van der Waals surface area contributed by atoms with Gasteiger partial charge < -0.3 is 10.1 Å². The number of hydrogen-bond acceptors (Lipinski definition) is 4. The van der Waals surface area contributed by atoms with Gasteiger partial charge in [0.05, 0.1) is 12.7 Å². The van der Waals surface area contributed by atoms with Crippen LogP contribution in [0.25, 0.3) is 6.08 Å². The van der Waals surface area contributed by atoms with Gasteiger partial charge in [-0.1, -0.05) is 29.3 Å². The molecule has 1 amide bonds. The molecule has 1 aliphatic rings. The number of carbonyl (C=O) groups is 2. The lowest BCUT2D eigenvalue weighted by Gasteiger charge is -2.11. The molecule has 26 heavy (non-hydrogen) atoms. The van der Waals surface area contributed by atoms with E-state index in [1.54, 1.807) is 24.3 Å². The van der Waals surface area contributed by atoms with Crippen LogP contribution in [0.4, 0.5) is 5.00 Å². The van der Waals surface area contributed by atoms with Gasteiger partial charge >= 0.3 is 5.97 Å². The number of aryl methyl sites for hydroxylation is 1. The molecule has 1 aromatic carbocycles. The van der Waals surface area contributed by atoms with Gasteiger partial charge in [0.25, 0.3) is 0 Å². The maximum Gasteiger partial charge on any atom is 0.341 e. The van der Waals surface area contributed by atoms with Crippen LogP contribution in [0.15, 0.2) is 24.3 Å². The summed E-state index contributed by atoms with van der Waals surface area (Å²) in [6, 6.07) is 5.05. The molecule has 2 aromatic rings. The number of methoxy groups -OCH3 is 1. The Morgan fingerprint density at radius 2 is 2.00 bits per heavy atom. The molecule has 3 rings (SSSR count). The number of carbonyl (C=O) groups excluding carboxylic acids is 2. The van der Waals surface area contributed by atoms with Crippen LogP contribution in [0.1, 0.15) is 39.2 Å². The summed E-state index contributed by atoms with van der Waals surface area (Å²) < 4.78 is 4.91. The zero-order chi connectivity index (χ0) is 18.7. The normalized spacial score (nSPS) is 13.5. The van der Waals surface area contributed by atoms with Crippen molar-refractivity contribution >= 4 is 57.5 Å². The lowest BCUT2D eigenvalue weighted by atomic mass is 9.95. The van der Waals surface area contributed by atoms with Crippen LogP contribution in [-0.4, -0.2) is 19.0 Å². The van der Waals surface area contributed by atoms with E-state index in [9.17, 15) is 9.59 Å². The van der Waals surface area contributed by atoms with E-state index in [1.165, 1.54) is 24.5 Å². The molecular weight excluding hydrogens is 393 g/mol. The van der Waals surface area contributed by atoms with Gasteiger partial charge in [0.1, 0.15) is 5.00 Å². The molecule has 0 radical (unpaired) electrons. The van der Waals surface area contributed by atoms with E-state index in [2.05, 4.69) is 5.32 Å². The maximum absolute atomic E-state index is 12.3. The average molecular weight is 410 g/mol. The van der Waals surface area contributed by atoms with Crippen LogP contribution in [-0.2, 0) is 22.4 Å². The number of nitrogens with one attached hydrogen (secondary N) is 1. The molecule has 0 unspecified atom stereocenters. The summed E-state index contributed by atoms with van der Waals surface area (Å²) in [5, 5.41) is 4.34. The fraction of sp³-hybridized carbons (Fsp3) is 0.263. The van der Waals surface area contributed by atoms with Gasteiger partial charge in [-0.2, -0.15) is 0 Å². The second-order valence-corrected chi connectivity index (χ2v) is 7.84. The number of rotatable bonds is 4. The van der Waals surface area contributed by atoms with E-state index in [0.717, 1.165) is 36.1 Å². The fourth-order valence-electron chi connectivity index (χ4n) is 2.93. The van der Waals surface area contributed by atoms with Crippen molar-refractivity contribution in [2.45, 2.75) is 25.7 Å². The monoisotopic (exact) mass is 409 g/mol.